The SMILES string of the molecule is COc1ccc(NC(=O)CN2C(=O)SC(=Cc3ccc(OCC(N)=O)c(Cl)c3)C2=O)cc1. The van der Waals surface area contributed by atoms with E-state index in [9.17, 15) is 19.2 Å². The first-order chi connectivity index (χ1) is 15.3. The van der Waals surface area contributed by atoms with E-state index in [-0.39, 0.29) is 22.3 Å². The molecule has 3 N–H and O–H groups in total. The highest BCUT2D eigenvalue weighted by atomic mass is 35.5. The fraction of sp³-hybridized carbons (Fsp3) is 0.143. The zero-order chi connectivity index (χ0) is 23.3. The highest BCUT2D eigenvalue weighted by Gasteiger charge is 2.36. The normalized spacial score (nSPS) is 14.6. The van der Waals surface area contributed by atoms with Gasteiger partial charge in [0.1, 0.15) is 18.0 Å². The summed E-state index contributed by atoms with van der Waals surface area (Å²) in [6.45, 7) is -0.745. The van der Waals surface area contributed by atoms with Gasteiger partial charge in [-0.3, -0.25) is 24.1 Å². The molecule has 0 unspecified atom stereocenters. The van der Waals surface area contributed by atoms with Crippen molar-refractivity contribution >= 4 is 58.1 Å². The monoisotopic (exact) mass is 475 g/mol. The van der Waals surface area contributed by atoms with Crippen LogP contribution < -0.4 is 20.5 Å². The number of nitrogens with zero attached hydrogens (tertiary/aromatic N) is 1. The lowest BCUT2D eigenvalue weighted by Gasteiger charge is -2.12. The molecular formula is C21H18ClN3O6S. The average Bonchev–Trinajstić information content (AvgIpc) is 3.01. The lowest BCUT2D eigenvalue weighted by atomic mass is 10.2. The highest BCUT2D eigenvalue weighted by molar-refractivity contribution is 8.18. The van der Waals surface area contributed by atoms with Crippen LogP contribution in [0.15, 0.2) is 47.4 Å². The number of amides is 4. The second-order valence-corrected chi connectivity index (χ2v) is 7.89. The molecule has 0 aromatic heterocycles. The van der Waals surface area contributed by atoms with Crippen LogP contribution in [0.25, 0.3) is 6.08 Å². The summed E-state index contributed by atoms with van der Waals surface area (Å²) >= 11 is 6.84. The maximum absolute atomic E-state index is 12.6. The summed E-state index contributed by atoms with van der Waals surface area (Å²) in [4.78, 5) is 49.0. The molecule has 9 nitrogen and oxygen atoms in total. The number of methoxy groups -OCH3 is 1. The number of hydrogen-bond acceptors (Lipinski definition) is 7. The van der Waals surface area contributed by atoms with E-state index >= 15 is 0 Å². The van der Waals surface area contributed by atoms with Gasteiger partial charge in [0.25, 0.3) is 17.1 Å². The van der Waals surface area contributed by atoms with E-state index in [4.69, 9.17) is 26.8 Å². The van der Waals surface area contributed by atoms with Gasteiger partial charge in [-0.2, -0.15) is 0 Å². The Hall–Kier alpha value is -3.50. The number of thioether (sulfide) groups is 1. The van der Waals surface area contributed by atoms with Crippen molar-refractivity contribution in [2.24, 2.45) is 5.73 Å². The third kappa shape index (κ3) is 5.80. The molecule has 0 radical (unpaired) electrons. The maximum Gasteiger partial charge on any atom is 0.294 e. The standard InChI is InChI=1S/C21H18ClN3O6S/c1-30-14-5-3-13(4-6-14)24-19(27)10-25-20(28)17(32-21(25)29)9-12-2-7-16(15(22)8-12)31-11-18(23)26/h2-9H,10-11H2,1H3,(H2,23,26)(H,24,27). The Morgan fingerprint density at radius 3 is 2.53 bits per heavy atom. The third-order valence-corrected chi connectivity index (χ3v) is 5.38. The molecule has 0 bridgehead atoms. The Labute approximate surface area is 192 Å². The van der Waals surface area contributed by atoms with Crippen LogP contribution in [-0.2, 0) is 14.4 Å². The van der Waals surface area contributed by atoms with Crippen molar-refractivity contribution in [3.8, 4) is 11.5 Å². The number of carbonyl (C=O) groups excluding carboxylic acids is 4. The van der Waals surface area contributed by atoms with Gasteiger partial charge < -0.3 is 20.5 Å². The molecule has 4 amide bonds. The number of nitrogens with two attached hydrogens (primary N) is 1. The van der Waals surface area contributed by atoms with Crippen molar-refractivity contribution in [2.75, 3.05) is 25.6 Å². The van der Waals surface area contributed by atoms with Crippen molar-refractivity contribution < 1.29 is 28.7 Å². The second kappa shape index (κ2) is 10.2. The van der Waals surface area contributed by atoms with Gasteiger partial charge in [0.15, 0.2) is 6.61 Å². The summed E-state index contributed by atoms with van der Waals surface area (Å²) in [5, 5.41) is 2.28. The first-order valence-electron chi connectivity index (χ1n) is 9.16. The predicted octanol–water partition coefficient (Wildman–Crippen LogP) is 2.89. The van der Waals surface area contributed by atoms with E-state index in [0.717, 1.165) is 16.7 Å². The Balaban J connectivity index is 1.65. The first-order valence-corrected chi connectivity index (χ1v) is 10.4. The third-order valence-electron chi connectivity index (χ3n) is 4.17. The Morgan fingerprint density at radius 1 is 1.19 bits per heavy atom. The van der Waals surface area contributed by atoms with Crippen molar-refractivity contribution in [1.29, 1.82) is 0 Å². The van der Waals surface area contributed by atoms with Crippen LogP contribution in [0.3, 0.4) is 0 Å². The van der Waals surface area contributed by atoms with E-state index in [1.165, 1.54) is 25.3 Å². The molecular weight excluding hydrogens is 458 g/mol. The second-order valence-electron chi connectivity index (χ2n) is 6.49. The number of ether oxygens (including phenoxy) is 2. The molecule has 1 aliphatic rings. The Bertz CT molecular complexity index is 1100. The number of anilines is 1. The van der Waals surface area contributed by atoms with E-state index in [1.54, 1.807) is 30.3 Å². The Kier molecular flexibility index (Phi) is 7.39. The minimum atomic E-state index is -0.644. The fourth-order valence-corrected chi connectivity index (χ4v) is 3.76. The number of rotatable bonds is 8. The first kappa shape index (κ1) is 23.2. The largest absolute Gasteiger partial charge is 0.497 e. The summed E-state index contributed by atoms with van der Waals surface area (Å²) < 4.78 is 10.2. The average molecular weight is 476 g/mol. The lowest BCUT2D eigenvalue weighted by molar-refractivity contribution is -0.127. The van der Waals surface area contributed by atoms with E-state index < -0.39 is 29.5 Å². The molecule has 1 saturated heterocycles. The zero-order valence-electron chi connectivity index (χ0n) is 16.8. The van der Waals surface area contributed by atoms with Crippen LogP contribution in [0.5, 0.6) is 11.5 Å². The number of imide groups is 1. The van der Waals surface area contributed by atoms with E-state index in [2.05, 4.69) is 5.32 Å². The molecule has 1 fully saturated rings. The van der Waals surface area contributed by atoms with Gasteiger partial charge in [-0.1, -0.05) is 17.7 Å². The molecule has 2 aromatic rings. The van der Waals surface area contributed by atoms with Gasteiger partial charge in [0.05, 0.1) is 17.0 Å². The van der Waals surface area contributed by atoms with Gasteiger partial charge in [0.2, 0.25) is 5.91 Å². The molecule has 3 rings (SSSR count). The number of primary amides is 1. The molecule has 166 valence electrons. The summed E-state index contributed by atoms with van der Waals surface area (Å²) in [7, 11) is 1.53. The smallest absolute Gasteiger partial charge is 0.294 e. The van der Waals surface area contributed by atoms with Crippen LogP contribution >= 0.6 is 23.4 Å². The molecule has 0 atom stereocenters. The fourth-order valence-electron chi connectivity index (χ4n) is 2.68. The van der Waals surface area contributed by atoms with Crippen molar-refractivity contribution in [3.05, 3.63) is 58.0 Å². The molecule has 0 spiro atoms. The van der Waals surface area contributed by atoms with Crippen LogP contribution in [-0.4, -0.2) is 48.1 Å². The van der Waals surface area contributed by atoms with Crippen LogP contribution in [0, 0.1) is 0 Å². The predicted molar refractivity (Wildman–Crippen MR) is 120 cm³/mol. The molecule has 11 heteroatoms. The van der Waals surface area contributed by atoms with Crippen LogP contribution in [0.4, 0.5) is 10.5 Å². The maximum atomic E-state index is 12.6. The molecule has 0 saturated carbocycles. The highest BCUT2D eigenvalue weighted by Crippen LogP contribution is 2.33. The molecule has 2 aromatic carbocycles. The molecule has 1 aliphatic heterocycles. The van der Waals surface area contributed by atoms with Gasteiger partial charge >= 0.3 is 0 Å². The van der Waals surface area contributed by atoms with Gasteiger partial charge in [-0.25, -0.2) is 0 Å². The number of hydrogen-bond donors (Lipinski definition) is 2. The molecule has 0 aliphatic carbocycles. The quantitative estimate of drug-likeness (QED) is 0.562. The Morgan fingerprint density at radius 2 is 1.91 bits per heavy atom. The van der Waals surface area contributed by atoms with Crippen molar-refractivity contribution in [1.82, 2.24) is 4.90 Å². The van der Waals surface area contributed by atoms with Crippen molar-refractivity contribution in [2.45, 2.75) is 0 Å². The summed E-state index contributed by atoms with van der Waals surface area (Å²) in [6.07, 6.45) is 1.48. The van der Waals surface area contributed by atoms with Crippen LogP contribution in [0.2, 0.25) is 5.02 Å². The minimum Gasteiger partial charge on any atom is -0.497 e. The molecule has 1 heterocycles. The van der Waals surface area contributed by atoms with Gasteiger partial charge in [0, 0.05) is 5.69 Å². The summed E-state index contributed by atoms with van der Waals surface area (Å²) in [5.41, 5.74) is 6.08. The summed E-state index contributed by atoms with van der Waals surface area (Å²) in [5.74, 6) is -0.861. The topological polar surface area (TPSA) is 128 Å². The van der Waals surface area contributed by atoms with Gasteiger partial charge in [-0.15, -0.1) is 0 Å². The van der Waals surface area contributed by atoms with Crippen molar-refractivity contribution in [3.63, 3.8) is 0 Å². The molecule has 32 heavy (non-hydrogen) atoms. The summed E-state index contributed by atoms with van der Waals surface area (Å²) in [6, 6.07) is 11.3. The minimum absolute atomic E-state index is 0.147. The van der Waals surface area contributed by atoms with E-state index in [0.29, 0.717) is 17.0 Å². The number of benzene rings is 2. The van der Waals surface area contributed by atoms with Crippen LogP contribution in [0.1, 0.15) is 5.56 Å². The van der Waals surface area contributed by atoms with Gasteiger partial charge in [-0.05, 0) is 59.8 Å². The zero-order valence-corrected chi connectivity index (χ0v) is 18.4. The number of nitrogens with one attached hydrogen (secondary N) is 1. The van der Waals surface area contributed by atoms with E-state index in [1.807, 2.05) is 0 Å². The number of halogens is 1. The number of carbonyl (C=O) groups is 4. The lowest BCUT2D eigenvalue weighted by Crippen LogP contribution is -2.36.